The highest BCUT2D eigenvalue weighted by molar-refractivity contribution is 5.95. The Hall–Kier alpha value is -1.83. The van der Waals surface area contributed by atoms with Crippen LogP contribution in [-0.2, 0) is 4.74 Å². The van der Waals surface area contributed by atoms with E-state index in [2.05, 4.69) is 26.8 Å². The van der Waals surface area contributed by atoms with Gasteiger partial charge in [-0.3, -0.25) is 0 Å². The molecule has 30 heavy (non-hydrogen) atoms. The largest absolute Gasteiger partial charge is 0.462 e. The third-order valence-electron chi connectivity index (χ3n) is 6.30. The molecule has 1 atom stereocenters. The van der Waals surface area contributed by atoms with Crippen molar-refractivity contribution in [3.05, 3.63) is 48.0 Å². The number of carbonyl (C=O) groups excluding carboxylic acids is 1. The maximum atomic E-state index is 12.7. The second-order valence-corrected chi connectivity index (χ2v) is 9.28. The number of esters is 1. The minimum atomic E-state index is -0.191. The first kappa shape index (κ1) is 24.4. The summed E-state index contributed by atoms with van der Waals surface area (Å²) < 4.78 is 5.86. The molecular weight excluding hydrogens is 368 g/mol. The van der Waals surface area contributed by atoms with Gasteiger partial charge in [0.15, 0.2) is 0 Å². The Kier molecular flexibility index (Phi) is 11.0. The SMILES string of the molecule is CCCCCCCCC(C)(CCCCCC)COC(=O)c1ccc2ccccc2c1. The van der Waals surface area contributed by atoms with Crippen molar-refractivity contribution in [2.24, 2.45) is 5.41 Å². The molecule has 0 aliphatic rings. The second-order valence-electron chi connectivity index (χ2n) is 9.28. The highest BCUT2D eigenvalue weighted by atomic mass is 16.5. The van der Waals surface area contributed by atoms with E-state index in [1.807, 2.05) is 36.4 Å². The van der Waals surface area contributed by atoms with E-state index in [0.717, 1.165) is 23.6 Å². The van der Waals surface area contributed by atoms with Crippen LogP contribution < -0.4 is 0 Å². The predicted molar refractivity (Wildman–Crippen MR) is 129 cm³/mol. The van der Waals surface area contributed by atoms with Gasteiger partial charge in [-0.05, 0) is 35.7 Å². The van der Waals surface area contributed by atoms with Gasteiger partial charge >= 0.3 is 5.97 Å². The van der Waals surface area contributed by atoms with Crippen LogP contribution in [0.1, 0.15) is 108 Å². The Balaban J connectivity index is 1.90. The van der Waals surface area contributed by atoms with E-state index in [9.17, 15) is 4.79 Å². The Morgan fingerprint density at radius 3 is 2.00 bits per heavy atom. The average molecular weight is 411 g/mol. The quantitative estimate of drug-likeness (QED) is 0.217. The Morgan fingerprint density at radius 1 is 0.767 bits per heavy atom. The molecule has 0 saturated heterocycles. The van der Waals surface area contributed by atoms with Gasteiger partial charge in [-0.1, -0.05) is 115 Å². The van der Waals surface area contributed by atoms with E-state index in [-0.39, 0.29) is 11.4 Å². The lowest BCUT2D eigenvalue weighted by atomic mass is 9.80. The second kappa shape index (κ2) is 13.5. The minimum absolute atomic E-state index is 0.0883. The zero-order valence-electron chi connectivity index (χ0n) is 19.6. The summed E-state index contributed by atoms with van der Waals surface area (Å²) in [4.78, 5) is 12.7. The van der Waals surface area contributed by atoms with Crippen LogP contribution in [-0.4, -0.2) is 12.6 Å². The Labute approximate surface area is 184 Å². The van der Waals surface area contributed by atoms with Crippen molar-refractivity contribution in [1.29, 1.82) is 0 Å². The van der Waals surface area contributed by atoms with Gasteiger partial charge in [0, 0.05) is 5.41 Å². The lowest BCUT2D eigenvalue weighted by Gasteiger charge is -2.29. The normalized spacial score (nSPS) is 13.3. The Morgan fingerprint density at radius 2 is 1.33 bits per heavy atom. The van der Waals surface area contributed by atoms with Gasteiger partial charge < -0.3 is 4.74 Å². The highest BCUT2D eigenvalue weighted by Gasteiger charge is 2.26. The topological polar surface area (TPSA) is 26.3 Å². The van der Waals surface area contributed by atoms with Crippen LogP contribution in [0, 0.1) is 5.41 Å². The van der Waals surface area contributed by atoms with Gasteiger partial charge in [0.2, 0.25) is 0 Å². The molecule has 0 fully saturated rings. The average Bonchev–Trinajstić information content (AvgIpc) is 2.77. The van der Waals surface area contributed by atoms with Gasteiger partial charge in [0.1, 0.15) is 0 Å². The van der Waals surface area contributed by atoms with Crippen LogP contribution in [0.4, 0.5) is 0 Å². The van der Waals surface area contributed by atoms with Crippen molar-refractivity contribution in [1.82, 2.24) is 0 Å². The van der Waals surface area contributed by atoms with E-state index >= 15 is 0 Å². The van der Waals surface area contributed by atoms with Crippen molar-refractivity contribution in [3.63, 3.8) is 0 Å². The zero-order chi connectivity index (χ0) is 21.7. The number of fused-ring (bicyclic) bond motifs is 1. The molecule has 1 unspecified atom stereocenters. The standard InChI is InChI=1S/C28H42O2/c1-4-6-8-10-11-15-21-28(3,20-14-9-7-5-2)23-30-27(29)26-19-18-24-16-12-13-17-25(24)22-26/h12-13,16-19,22H,4-11,14-15,20-21,23H2,1-3H3. The molecule has 0 aromatic heterocycles. The number of rotatable bonds is 15. The summed E-state index contributed by atoms with van der Waals surface area (Å²) in [7, 11) is 0. The van der Waals surface area contributed by atoms with Crippen LogP contribution in [0.5, 0.6) is 0 Å². The Bertz CT molecular complexity index is 751. The van der Waals surface area contributed by atoms with Crippen LogP contribution >= 0.6 is 0 Å². The van der Waals surface area contributed by atoms with Gasteiger partial charge in [0.05, 0.1) is 12.2 Å². The summed E-state index contributed by atoms with van der Waals surface area (Å²) in [6, 6.07) is 14.0. The summed E-state index contributed by atoms with van der Waals surface area (Å²) >= 11 is 0. The van der Waals surface area contributed by atoms with E-state index in [1.54, 1.807) is 0 Å². The van der Waals surface area contributed by atoms with Crippen LogP contribution in [0.3, 0.4) is 0 Å². The van der Waals surface area contributed by atoms with Gasteiger partial charge in [-0.25, -0.2) is 4.79 Å². The smallest absolute Gasteiger partial charge is 0.338 e. The fourth-order valence-electron chi connectivity index (χ4n) is 4.22. The molecule has 0 aliphatic carbocycles. The highest BCUT2D eigenvalue weighted by Crippen LogP contribution is 2.32. The van der Waals surface area contributed by atoms with Crippen molar-refractivity contribution in [2.75, 3.05) is 6.61 Å². The molecule has 0 saturated carbocycles. The minimum Gasteiger partial charge on any atom is -0.462 e. The molecule has 2 aromatic rings. The summed E-state index contributed by atoms with van der Waals surface area (Å²) in [5.74, 6) is -0.191. The van der Waals surface area contributed by atoms with E-state index in [0.29, 0.717) is 12.2 Å². The maximum absolute atomic E-state index is 12.7. The molecule has 166 valence electrons. The molecule has 2 aromatic carbocycles. The van der Waals surface area contributed by atoms with Gasteiger partial charge in [-0.15, -0.1) is 0 Å². The summed E-state index contributed by atoms with van der Waals surface area (Å²) in [6.45, 7) is 7.36. The molecule has 2 rings (SSSR count). The predicted octanol–water partition coefficient (Wildman–Crippen LogP) is 8.72. The van der Waals surface area contributed by atoms with Gasteiger partial charge in [-0.2, -0.15) is 0 Å². The lowest BCUT2D eigenvalue weighted by molar-refractivity contribution is 0.0264. The third-order valence-corrected chi connectivity index (χ3v) is 6.30. The maximum Gasteiger partial charge on any atom is 0.338 e. The summed E-state index contributed by atoms with van der Waals surface area (Å²) in [5.41, 5.74) is 0.743. The third kappa shape index (κ3) is 8.50. The van der Waals surface area contributed by atoms with Gasteiger partial charge in [0.25, 0.3) is 0 Å². The lowest BCUT2D eigenvalue weighted by Crippen LogP contribution is -2.25. The number of hydrogen-bond donors (Lipinski definition) is 0. The van der Waals surface area contributed by atoms with E-state index < -0.39 is 0 Å². The molecule has 0 aliphatic heterocycles. The molecule has 0 radical (unpaired) electrons. The van der Waals surface area contributed by atoms with Crippen LogP contribution in [0.2, 0.25) is 0 Å². The summed E-state index contributed by atoms with van der Waals surface area (Å²) in [5, 5.41) is 2.24. The number of benzene rings is 2. The molecular formula is C28H42O2. The molecule has 2 nitrogen and oxygen atoms in total. The van der Waals surface area contributed by atoms with Crippen molar-refractivity contribution < 1.29 is 9.53 Å². The number of ether oxygens (including phenoxy) is 1. The van der Waals surface area contributed by atoms with Crippen LogP contribution in [0.15, 0.2) is 42.5 Å². The first-order valence-electron chi connectivity index (χ1n) is 12.2. The van der Waals surface area contributed by atoms with Crippen molar-refractivity contribution in [3.8, 4) is 0 Å². The number of hydrogen-bond acceptors (Lipinski definition) is 2. The monoisotopic (exact) mass is 410 g/mol. The molecule has 0 heterocycles. The number of unbranched alkanes of at least 4 members (excludes halogenated alkanes) is 8. The van der Waals surface area contributed by atoms with Crippen molar-refractivity contribution in [2.45, 2.75) is 97.8 Å². The molecule has 0 spiro atoms. The summed E-state index contributed by atoms with van der Waals surface area (Å²) in [6.07, 6.45) is 15.2. The van der Waals surface area contributed by atoms with Crippen molar-refractivity contribution >= 4 is 16.7 Å². The number of carbonyl (C=O) groups is 1. The van der Waals surface area contributed by atoms with E-state index in [4.69, 9.17) is 4.74 Å². The first-order valence-corrected chi connectivity index (χ1v) is 12.2. The van der Waals surface area contributed by atoms with Crippen LogP contribution in [0.25, 0.3) is 10.8 Å². The fourth-order valence-corrected chi connectivity index (χ4v) is 4.22. The first-order chi connectivity index (χ1) is 14.6. The molecule has 2 heteroatoms. The molecule has 0 N–H and O–H groups in total. The van der Waals surface area contributed by atoms with E-state index in [1.165, 1.54) is 64.2 Å². The molecule has 0 amide bonds. The zero-order valence-corrected chi connectivity index (χ0v) is 19.6. The molecule has 0 bridgehead atoms. The fraction of sp³-hybridized carbons (Fsp3) is 0.607.